The standard InChI is InChI=1S/C14H11Cl2N3O2/c15-9-5-6-11(16)19-13(9)14(21)18-10-4-2-1-3-8(10)7-12(17)20/h1-6H,7H2,(H2,17,20)(H,18,21). The number of hydrogen-bond acceptors (Lipinski definition) is 3. The maximum atomic E-state index is 12.2. The van der Waals surface area contributed by atoms with E-state index >= 15 is 0 Å². The third kappa shape index (κ3) is 3.93. The van der Waals surface area contributed by atoms with Crippen molar-refractivity contribution in [2.24, 2.45) is 5.73 Å². The molecule has 2 aromatic rings. The molecule has 3 N–H and O–H groups in total. The highest BCUT2D eigenvalue weighted by molar-refractivity contribution is 6.35. The first-order chi connectivity index (χ1) is 9.97. The highest BCUT2D eigenvalue weighted by Crippen LogP contribution is 2.20. The molecule has 21 heavy (non-hydrogen) atoms. The minimum Gasteiger partial charge on any atom is -0.369 e. The van der Waals surface area contributed by atoms with Crippen LogP contribution in [0.25, 0.3) is 0 Å². The van der Waals surface area contributed by atoms with Crippen molar-refractivity contribution >= 4 is 40.7 Å². The van der Waals surface area contributed by atoms with Crippen molar-refractivity contribution < 1.29 is 9.59 Å². The van der Waals surface area contributed by atoms with Gasteiger partial charge in [-0.15, -0.1) is 0 Å². The number of rotatable bonds is 4. The number of primary amides is 1. The summed E-state index contributed by atoms with van der Waals surface area (Å²) >= 11 is 11.7. The number of carbonyl (C=O) groups excluding carboxylic acids is 2. The molecule has 0 spiro atoms. The molecule has 0 aliphatic heterocycles. The molecule has 0 aliphatic rings. The van der Waals surface area contributed by atoms with Gasteiger partial charge in [0.1, 0.15) is 10.8 Å². The predicted molar refractivity (Wildman–Crippen MR) is 81.6 cm³/mol. The quantitative estimate of drug-likeness (QED) is 0.848. The van der Waals surface area contributed by atoms with Crippen molar-refractivity contribution in [3.8, 4) is 0 Å². The lowest BCUT2D eigenvalue weighted by molar-refractivity contribution is -0.117. The Bertz CT molecular complexity index is 704. The molecule has 7 heteroatoms. The third-order valence-electron chi connectivity index (χ3n) is 2.66. The summed E-state index contributed by atoms with van der Waals surface area (Å²) in [6.45, 7) is 0. The van der Waals surface area contributed by atoms with Crippen LogP contribution >= 0.6 is 23.2 Å². The zero-order valence-electron chi connectivity index (χ0n) is 10.8. The number of nitrogens with zero attached hydrogens (tertiary/aromatic N) is 1. The lowest BCUT2D eigenvalue weighted by Crippen LogP contribution is -2.18. The van der Waals surface area contributed by atoms with E-state index in [0.29, 0.717) is 11.3 Å². The van der Waals surface area contributed by atoms with Gasteiger partial charge in [0.2, 0.25) is 5.91 Å². The molecule has 108 valence electrons. The van der Waals surface area contributed by atoms with E-state index in [4.69, 9.17) is 28.9 Å². The van der Waals surface area contributed by atoms with E-state index in [0.717, 1.165) is 0 Å². The van der Waals surface area contributed by atoms with Crippen LogP contribution in [-0.4, -0.2) is 16.8 Å². The zero-order chi connectivity index (χ0) is 15.4. The van der Waals surface area contributed by atoms with Gasteiger partial charge in [-0.2, -0.15) is 0 Å². The molecule has 1 aromatic heterocycles. The Balaban J connectivity index is 2.27. The molecule has 0 saturated carbocycles. The van der Waals surface area contributed by atoms with Crippen molar-refractivity contribution in [2.45, 2.75) is 6.42 Å². The van der Waals surface area contributed by atoms with Crippen LogP contribution in [0.1, 0.15) is 16.1 Å². The van der Waals surface area contributed by atoms with Gasteiger partial charge in [0.05, 0.1) is 11.4 Å². The molecule has 0 saturated heterocycles. The number of hydrogen-bond donors (Lipinski definition) is 2. The average Bonchev–Trinajstić information content (AvgIpc) is 2.43. The number of amides is 2. The van der Waals surface area contributed by atoms with E-state index < -0.39 is 11.8 Å². The Morgan fingerprint density at radius 2 is 1.86 bits per heavy atom. The number of para-hydroxylation sites is 1. The molecule has 0 aliphatic carbocycles. The highest BCUT2D eigenvalue weighted by Gasteiger charge is 2.15. The normalized spacial score (nSPS) is 10.2. The van der Waals surface area contributed by atoms with Crippen molar-refractivity contribution in [1.82, 2.24) is 4.98 Å². The lowest BCUT2D eigenvalue weighted by atomic mass is 10.1. The number of carbonyl (C=O) groups is 2. The molecule has 1 aromatic carbocycles. The maximum Gasteiger partial charge on any atom is 0.275 e. The Hall–Kier alpha value is -2.11. The summed E-state index contributed by atoms with van der Waals surface area (Å²) in [4.78, 5) is 27.1. The minimum atomic E-state index is -0.514. The number of aromatic nitrogens is 1. The molecule has 0 bridgehead atoms. The molecule has 0 radical (unpaired) electrons. The summed E-state index contributed by atoms with van der Waals surface area (Å²) in [5, 5.41) is 2.99. The number of benzene rings is 1. The fourth-order valence-corrected chi connectivity index (χ4v) is 2.08. The van der Waals surface area contributed by atoms with Gasteiger partial charge in [-0.3, -0.25) is 9.59 Å². The SMILES string of the molecule is NC(=O)Cc1ccccc1NC(=O)c1nc(Cl)ccc1Cl. The number of pyridine rings is 1. The predicted octanol–water partition coefficient (Wildman–Crippen LogP) is 2.67. The fourth-order valence-electron chi connectivity index (χ4n) is 1.74. The van der Waals surface area contributed by atoms with E-state index in [9.17, 15) is 9.59 Å². The summed E-state index contributed by atoms with van der Waals surface area (Å²) in [5.41, 5.74) is 6.27. The first kappa shape index (κ1) is 15.3. The van der Waals surface area contributed by atoms with Gasteiger partial charge >= 0.3 is 0 Å². The van der Waals surface area contributed by atoms with Crippen molar-refractivity contribution in [1.29, 1.82) is 0 Å². The molecular weight excluding hydrogens is 313 g/mol. The first-order valence-corrected chi connectivity index (χ1v) is 6.72. The summed E-state index contributed by atoms with van der Waals surface area (Å²) in [5.74, 6) is -1.00. The van der Waals surface area contributed by atoms with E-state index in [2.05, 4.69) is 10.3 Å². The van der Waals surface area contributed by atoms with Gasteiger partial charge in [0.25, 0.3) is 5.91 Å². The van der Waals surface area contributed by atoms with Crippen molar-refractivity contribution in [2.75, 3.05) is 5.32 Å². The zero-order valence-corrected chi connectivity index (χ0v) is 12.3. The fraction of sp³-hybridized carbons (Fsp3) is 0.0714. The second-order valence-electron chi connectivity index (χ2n) is 4.22. The lowest BCUT2D eigenvalue weighted by Gasteiger charge is -2.10. The van der Waals surface area contributed by atoms with Crippen LogP contribution in [0, 0.1) is 0 Å². The molecule has 2 amide bonds. The second-order valence-corrected chi connectivity index (χ2v) is 5.01. The third-order valence-corrected chi connectivity index (χ3v) is 3.17. The van der Waals surface area contributed by atoms with E-state index in [-0.39, 0.29) is 22.3 Å². The highest BCUT2D eigenvalue weighted by atomic mass is 35.5. The Morgan fingerprint density at radius 1 is 1.14 bits per heavy atom. The molecule has 0 unspecified atom stereocenters. The first-order valence-electron chi connectivity index (χ1n) is 5.97. The second kappa shape index (κ2) is 6.56. The van der Waals surface area contributed by atoms with Crippen LogP contribution in [0.4, 0.5) is 5.69 Å². The Labute approximate surface area is 131 Å². The molecule has 0 fully saturated rings. The Kier molecular flexibility index (Phi) is 4.77. The van der Waals surface area contributed by atoms with Crippen LogP contribution in [0.5, 0.6) is 0 Å². The van der Waals surface area contributed by atoms with Gasteiger partial charge in [0, 0.05) is 5.69 Å². The number of anilines is 1. The molecular formula is C14H11Cl2N3O2. The van der Waals surface area contributed by atoms with Crippen LogP contribution in [0.2, 0.25) is 10.2 Å². The van der Waals surface area contributed by atoms with Crippen molar-refractivity contribution in [3.05, 3.63) is 57.8 Å². The monoisotopic (exact) mass is 323 g/mol. The smallest absolute Gasteiger partial charge is 0.275 e. The van der Waals surface area contributed by atoms with Crippen molar-refractivity contribution in [3.63, 3.8) is 0 Å². The number of nitrogens with two attached hydrogens (primary N) is 1. The summed E-state index contributed by atoms with van der Waals surface area (Å²) in [7, 11) is 0. The van der Waals surface area contributed by atoms with Crippen LogP contribution in [0.15, 0.2) is 36.4 Å². The molecule has 1 heterocycles. The summed E-state index contributed by atoms with van der Waals surface area (Å²) in [6, 6.07) is 9.82. The summed E-state index contributed by atoms with van der Waals surface area (Å²) in [6.07, 6.45) is 0.0210. The van der Waals surface area contributed by atoms with E-state index in [1.54, 1.807) is 24.3 Å². The van der Waals surface area contributed by atoms with E-state index in [1.807, 2.05) is 0 Å². The molecule has 5 nitrogen and oxygen atoms in total. The van der Waals surface area contributed by atoms with Crippen LogP contribution < -0.4 is 11.1 Å². The van der Waals surface area contributed by atoms with Crippen LogP contribution in [0.3, 0.4) is 0 Å². The number of nitrogens with one attached hydrogen (secondary N) is 1. The average molecular weight is 324 g/mol. The molecule has 2 rings (SSSR count). The number of halogens is 2. The largest absolute Gasteiger partial charge is 0.369 e. The van der Waals surface area contributed by atoms with Gasteiger partial charge in [-0.05, 0) is 23.8 Å². The van der Waals surface area contributed by atoms with Gasteiger partial charge < -0.3 is 11.1 Å². The summed E-state index contributed by atoms with van der Waals surface area (Å²) < 4.78 is 0. The molecule has 0 atom stereocenters. The van der Waals surface area contributed by atoms with Gasteiger partial charge in [-0.25, -0.2) is 4.98 Å². The van der Waals surface area contributed by atoms with E-state index in [1.165, 1.54) is 12.1 Å². The van der Waals surface area contributed by atoms with Crippen LogP contribution in [-0.2, 0) is 11.2 Å². The Morgan fingerprint density at radius 3 is 2.57 bits per heavy atom. The van der Waals surface area contributed by atoms with Gasteiger partial charge in [-0.1, -0.05) is 41.4 Å². The van der Waals surface area contributed by atoms with Gasteiger partial charge in [0.15, 0.2) is 0 Å². The maximum absolute atomic E-state index is 12.2. The minimum absolute atomic E-state index is 0.0121. The topological polar surface area (TPSA) is 85.1 Å².